The number of benzene rings is 2. The molecule has 0 bridgehead atoms. The van der Waals surface area contributed by atoms with E-state index >= 15 is 0 Å². The van der Waals surface area contributed by atoms with E-state index in [0.717, 1.165) is 17.7 Å². The smallest absolute Gasteiger partial charge is 0.254 e. The van der Waals surface area contributed by atoms with Crippen LogP contribution in [0.1, 0.15) is 22.8 Å². The van der Waals surface area contributed by atoms with E-state index in [4.69, 9.17) is 5.73 Å². The number of carbonyl (C=O) groups excluding carboxylic acids is 1. The maximum absolute atomic E-state index is 13.2. The minimum Gasteiger partial charge on any atom is -0.399 e. The Morgan fingerprint density at radius 3 is 2.52 bits per heavy atom. The number of amides is 1. The lowest BCUT2D eigenvalue weighted by Crippen LogP contribution is -2.30. The Kier molecular flexibility index (Phi) is 4.52. The summed E-state index contributed by atoms with van der Waals surface area (Å²) < 4.78 is 26.1. The number of halogens is 2. The van der Waals surface area contributed by atoms with Gasteiger partial charge in [0.05, 0.1) is 0 Å². The van der Waals surface area contributed by atoms with Crippen molar-refractivity contribution in [2.24, 2.45) is 0 Å². The molecule has 21 heavy (non-hydrogen) atoms. The van der Waals surface area contributed by atoms with Gasteiger partial charge < -0.3 is 10.6 Å². The quantitative estimate of drug-likeness (QED) is 0.879. The summed E-state index contributed by atoms with van der Waals surface area (Å²) in [6.45, 7) is 2.63. The summed E-state index contributed by atoms with van der Waals surface area (Å²) in [7, 11) is 0. The maximum atomic E-state index is 13.2. The first kappa shape index (κ1) is 15.0. The third-order valence-corrected chi connectivity index (χ3v) is 3.16. The van der Waals surface area contributed by atoms with Gasteiger partial charge in [0.1, 0.15) is 0 Å². The fourth-order valence-corrected chi connectivity index (χ4v) is 2.05. The Hall–Kier alpha value is -2.43. The lowest BCUT2D eigenvalue weighted by Gasteiger charge is -2.21. The molecule has 0 aliphatic rings. The first-order valence-corrected chi connectivity index (χ1v) is 6.60. The van der Waals surface area contributed by atoms with Gasteiger partial charge in [-0.1, -0.05) is 12.1 Å². The van der Waals surface area contributed by atoms with E-state index in [1.165, 1.54) is 6.07 Å². The van der Waals surface area contributed by atoms with Gasteiger partial charge in [0, 0.05) is 24.3 Å². The SMILES string of the molecule is CCN(Cc1cccc(N)c1)C(=O)c1ccc(F)c(F)c1. The summed E-state index contributed by atoms with van der Waals surface area (Å²) >= 11 is 0. The van der Waals surface area contributed by atoms with Crippen molar-refractivity contribution in [2.75, 3.05) is 12.3 Å². The van der Waals surface area contributed by atoms with Crippen molar-refractivity contribution in [2.45, 2.75) is 13.5 Å². The second-order valence-corrected chi connectivity index (χ2v) is 4.69. The molecule has 0 atom stereocenters. The summed E-state index contributed by atoms with van der Waals surface area (Å²) in [4.78, 5) is 13.9. The van der Waals surface area contributed by atoms with Crippen LogP contribution in [0, 0.1) is 11.6 Å². The van der Waals surface area contributed by atoms with Crippen molar-refractivity contribution in [1.29, 1.82) is 0 Å². The predicted molar refractivity (Wildman–Crippen MR) is 77.6 cm³/mol. The van der Waals surface area contributed by atoms with Gasteiger partial charge in [0.15, 0.2) is 11.6 Å². The topological polar surface area (TPSA) is 46.3 Å². The van der Waals surface area contributed by atoms with E-state index in [1.807, 2.05) is 13.0 Å². The Bertz CT molecular complexity index is 658. The lowest BCUT2D eigenvalue weighted by molar-refractivity contribution is 0.0752. The van der Waals surface area contributed by atoms with Crippen molar-refractivity contribution >= 4 is 11.6 Å². The molecule has 2 aromatic rings. The normalized spacial score (nSPS) is 10.4. The Morgan fingerprint density at radius 2 is 1.90 bits per heavy atom. The van der Waals surface area contributed by atoms with Crippen LogP contribution in [0.25, 0.3) is 0 Å². The van der Waals surface area contributed by atoms with Gasteiger partial charge in [-0.2, -0.15) is 0 Å². The average molecular weight is 290 g/mol. The molecule has 2 aromatic carbocycles. The number of hydrogen-bond donors (Lipinski definition) is 1. The molecule has 0 fully saturated rings. The fourth-order valence-electron chi connectivity index (χ4n) is 2.05. The third kappa shape index (κ3) is 3.56. The summed E-state index contributed by atoms with van der Waals surface area (Å²) in [6, 6.07) is 10.4. The Balaban J connectivity index is 2.20. The molecular formula is C16H16F2N2O. The molecule has 110 valence electrons. The highest BCUT2D eigenvalue weighted by Gasteiger charge is 2.16. The van der Waals surface area contributed by atoms with Crippen LogP contribution >= 0.6 is 0 Å². The van der Waals surface area contributed by atoms with Gasteiger partial charge >= 0.3 is 0 Å². The van der Waals surface area contributed by atoms with Gasteiger partial charge in [0.25, 0.3) is 5.91 Å². The third-order valence-electron chi connectivity index (χ3n) is 3.16. The largest absolute Gasteiger partial charge is 0.399 e. The molecule has 0 spiro atoms. The number of nitrogen functional groups attached to an aromatic ring is 1. The molecule has 0 unspecified atom stereocenters. The molecule has 2 rings (SSSR count). The van der Waals surface area contributed by atoms with E-state index in [-0.39, 0.29) is 11.5 Å². The van der Waals surface area contributed by atoms with Crippen LogP contribution < -0.4 is 5.73 Å². The summed E-state index contributed by atoms with van der Waals surface area (Å²) in [5.74, 6) is -2.34. The molecule has 0 radical (unpaired) electrons. The highest BCUT2D eigenvalue weighted by molar-refractivity contribution is 5.94. The van der Waals surface area contributed by atoms with Crippen molar-refractivity contribution in [1.82, 2.24) is 4.90 Å². The zero-order valence-electron chi connectivity index (χ0n) is 11.6. The minimum atomic E-state index is -1.03. The van der Waals surface area contributed by atoms with Gasteiger partial charge in [-0.25, -0.2) is 8.78 Å². The van der Waals surface area contributed by atoms with E-state index in [0.29, 0.717) is 18.8 Å². The highest BCUT2D eigenvalue weighted by Crippen LogP contribution is 2.14. The Morgan fingerprint density at radius 1 is 1.14 bits per heavy atom. The Labute approximate surface area is 122 Å². The maximum Gasteiger partial charge on any atom is 0.254 e. The molecule has 0 aliphatic heterocycles. The molecule has 0 aliphatic carbocycles. The number of nitrogens with two attached hydrogens (primary N) is 1. The monoisotopic (exact) mass is 290 g/mol. The number of hydrogen-bond acceptors (Lipinski definition) is 2. The van der Waals surface area contributed by atoms with E-state index in [9.17, 15) is 13.6 Å². The van der Waals surface area contributed by atoms with Crippen molar-refractivity contribution in [3.05, 3.63) is 65.2 Å². The molecule has 0 saturated carbocycles. The van der Waals surface area contributed by atoms with Gasteiger partial charge in [-0.3, -0.25) is 4.79 Å². The molecule has 5 heteroatoms. The van der Waals surface area contributed by atoms with Crippen LogP contribution in [0.2, 0.25) is 0 Å². The van der Waals surface area contributed by atoms with E-state index in [2.05, 4.69) is 0 Å². The molecular weight excluding hydrogens is 274 g/mol. The van der Waals surface area contributed by atoms with Crippen LogP contribution in [-0.2, 0) is 6.54 Å². The van der Waals surface area contributed by atoms with Crippen LogP contribution in [0.4, 0.5) is 14.5 Å². The molecule has 1 amide bonds. The lowest BCUT2D eigenvalue weighted by atomic mass is 10.1. The number of carbonyl (C=O) groups is 1. The minimum absolute atomic E-state index is 0.125. The highest BCUT2D eigenvalue weighted by atomic mass is 19.2. The standard InChI is InChI=1S/C16H16F2N2O/c1-2-20(10-11-4-3-5-13(19)8-11)16(21)12-6-7-14(17)15(18)9-12/h3-9H,2,10,19H2,1H3. The first-order valence-electron chi connectivity index (χ1n) is 6.60. The number of rotatable bonds is 4. The fraction of sp³-hybridized carbons (Fsp3) is 0.188. The van der Waals surface area contributed by atoms with E-state index in [1.54, 1.807) is 23.1 Å². The number of nitrogens with zero attached hydrogens (tertiary/aromatic N) is 1. The summed E-state index contributed by atoms with van der Waals surface area (Å²) in [6.07, 6.45) is 0. The van der Waals surface area contributed by atoms with Crippen molar-refractivity contribution < 1.29 is 13.6 Å². The second kappa shape index (κ2) is 6.35. The van der Waals surface area contributed by atoms with Crippen molar-refractivity contribution in [3.8, 4) is 0 Å². The molecule has 0 saturated heterocycles. The zero-order chi connectivity index (χ0) is 15.4. The van der Waals surface area contributed by atoms with Crippen LogP contribution in [-0.4, -0.2) is 17.4 Å². The average Bonchev–Trinajstić information content (AvgIpc) is 2.47. The molecule has 2 N–H and O–H groups in total. The molecule has 0 aromatic heterocycles. The summed E-state index contributed by atoms with van der Waals surface area (Å²) in [5.41, 5.74) is 7.33. The molecule has 3 nitrogen and oxygen atoms in total. The van der Waals surface area contributed by atoms with Gasteiger partial charge in [-0.15, -0.1) is 0 Å². The van der Waals surface area contributed by atoms with Gasteiger partial charge in [0.2, 0.25) is 0 Å². The van der Waals surface area contributed by atoms with Crippen LogP contribution in [0.3, 0.4) is 0 Å². The van der Waals surface area contributed by atoms with Gasteiger partial charge in [-0.05, 0) is 42.8 Å². The van der Waals surface area contributed by atoms with Crippen molar-refractivity contribution in [3.63, 3.8) is 0 Å². The van der Waals surface area contributed by atoms with E-state index < -0.39 is 11.6 Å². The zero-order valence-corrected chi connectivity index (χ0v) is 11.6. The predicted octanol–water partition coefficient (Wildman–Crippen LogP) is 3.21. The van der Waals surface area contributed by atoms with Crippen LogP contribution in [0.5, 0.6) is 0 Å². The first-order chi connectivity index (χ1) is 10.0. The van der Waals surface area contributed by atoms with Crippen LogP contribution in [0.15, 0.2) is 42.5 Å². The molecule has 0 heterocycles. The summed E-state index contributed by atoms with van der Waals surface area (Å²) in [5, 5.41) is 0. The number of anilines is 1. The second-order valence-electron chi connectivity index (χ2n) is 4.69.